The number of ether oxygens (including phenoxy) is 2. The van der Waals surface area contributed by atoms with Crippen LogP contribution in [0, 0.1) is 51.0 Å². The molecule has 0 aliphatic carbocycles. The van der Waals surface area contributed by atoms with Crippen LogP contribution in [-0.4, -0.2) is 63.3 Å². The molecule has 1 aliphatic rings. The van der Waals surface area contributed by atoms with Crippen molar-refractivity contribution < 1.29 is 27.0 Å². The van der Waals surface area contributed by atoms with E-state index in [2.05, 4.69) is 35.1 Å². The standard InChI is InChI=1S/C31H28F2N6O2.C16H11ClF2N2/c1-18-4-6-24(34-15-18)30-19(2)31(29-23(33)12-21(32)13-26(29)38-30)37-25-14-27(39-8-10-41-11-9-39)35-17-22(25)20-5-7-28(40-3)36-16-20;1-8-3-4-12(20-7-8)16-9(2)15(17)14-11(19)5-10(18)6-13(14)21-16/h4-7,12-17H,8-11H2,1-3H3,(H,35,37,38);3-7H,1-2H3. The molecule has 1 aliphatic heterocycles. The maximum absolute atomic E-state index is 15.5. The lowest BCUT2D eigenvalue weighted by Crippen LogP contribution is -2.36. The van der Waals surface area contributed by atoms with E-state index < -0.39 is 23.3 Å². The molecule has 6 aromatic heterocycles. The molecule has 2 aromatic carbocycles. The van der Waals surface area contributed by atoms with Gasteiger partial charge in [-0.15, -0.1) is 0 Å². The van der Waals surface area contributed by atoms with E-state index in [4.69, 9.17) is 26.1 Å². The third-order valence-electron chi connectivity index (χ3n) is 10.5. The van der Waals surface area contributed by atoms with Gasteiger partial charge in [0.2, 0.25) is 5.88 Å². The third kappa shape index (κ3) is 8.56. The molecular formula is C47H39ClF4N8O2. The molecule has 1 N–H and O–H groups in total. The van der Waals surface area contributed by atoms with Crippen molar-refractivity contribution in [3.05, 3.63) is 142 Å². The zero-order valence-electron chi connectivity index (χ0n) is 34.3. The summed E-state index contributed by atoms with van der Waals surface area (Å²) in [4.78, 5) is 29.0. The van der Waals surface area contributed by atoms with Crippen molar-refractivity contribution >= 4 is 50.6 Å². The molecule has 0 amide bonds. The first-order valence-electron chi connectivity index (χ1n) is 19.6. The fraction of sp³-hybridized carbons (Fsp3) is 0.191. The zero-order valence-corrected chi connectivity index (χ0v) is 35.1. The van der Waals surface area contributed by atoms with Crippen LogP contribution < -0.4 is 15.0 Å². The van der Waals surface area contributed by atoms with E-state index >= 15 is 4.39 Å². The molecule has 1 saturated heterocycles. The first-order chi connectivity index (χ1) is 29.9. The summed E-state index contributed by atoms with van der Waals surface area (Å²) in [5, 5.41) is 4.03. The number of fused-ring (bicyclic) bond motifs is 2. The number of methoxy groups -OCH3 is 1. The molecule has 0 bridgehead atoms. The summed E-state index contributed by atoms with van der Waals surface area (Å²) in [5.74, 6) is -1.58. The van der Waals surface area contributed by atoms with Crippen molar-refractivity contribution in [1.29, 1.82) is 0 Å². The predicted octanol–water partition coefficient (Wildman–Crippen LogP) is 11.1. The summed E-state index contributed by atoms with van der Waals surface area (Å²) in [6, 6.07) is 17.2. The normalized spacial score (nSPS) is 12.6. The van der Waals surface area contributed by atoms with Crippen molar-refractivity contribution in [3.63, 3.8) is 0 Å². The van der Waals surface area contributed by atoms with Gasteiger partial charge in [-0.25, -0.2) is 37.5 Å². The molecule has 15 heteroatoms. The van der Waals surface area contributed by atoms with E-state index in [-0.39, 0.29) is 26.8 Å². The fourth-order valence-electron chi connectivity index (χ4n) is 7.18. The maximum atomic E-state index is 15.5. The Bertz CT molecular complexity index is 2950. The van der Waals surface area contributed by atoms with Gasteiger partial charge < -0.3 is 19.7 Å². The van der Waals surface area contributed by atoms with Gasteiger partial charge in [0.1, 0.15) is 29.1 Å². The van der Waals surface area contributed by atoms with Crippen molar-refractivity contribution in [2.24, 2.45) is 0 Å². The lowest BCUT2D eigenvalue weighted by molar-refractivity contribution is 0.122. The van der Waals surface area contributed by atoms with Gasteiger partial charge in [0.05, 0.1) is 81.3 Å². The molecule has 0 radical (unpaired) electrons. The number of aryl methyl sites for hydroxylation is 2. The second-order valence-electron chi connectivity index (χ2n) is 14.8. The molecule has 314 valence electrons. The summed E-state index contributed by atoms with van der Waals surface area (Å²) in [6.07, 6.45) is 6.92. The summed E-state index contributed by atoms with van der Waals surface area (Å²) in [7, 11) is 1.56. The summed E-state index contributed by atoms with van der Waals surface area (Å²) < 4.78 is 67.9. The van der Waals surface area contributed by atoms with Crippen molar-refractivity contribution in [2.75, 3.05) is 43.6 Å². The number of nitrogens with zero attached hydrogens (tertiary/aromatic N) is 7. The summed E-state index contributed by atoms with van der Waals surface area (Å²) in [5.41, 5.74) is 8.61. The van der Waals surface area contributed by atoms with Gasteiger partial charge in [-0.1, -0.05) is 23.7 Å². The van der Waals surface area contributed by atoms with E-state index in [1.54, 1.807) is 44.9 Å². The van der Waals surface area contributed by atoms with Crippen LogP contribution in [0.5, 0.6) is 5.88 Å². The van der Waals surface area contributed by atoms with Gasteiger partial charge in [0.15, 0.2) is 0 Å². The minimum absolute atomic E-state index is 0.131. The molecule has 62 heavy (non-hydrogen) atoms. The Morgan fingerprint density at radius 1 is 0.661 bits per heavy atom. The van der Waals surface area contributed by atoms with Gasteiger partial charge >= 0.3 is 0 Å². The Morgan fingerprint density at radius 2 is 1.26 bits per heavy atom. The Balaban J connectivity index is 0.000000211. The predicted molar refractivity (Wildman–Crippen MR) is 234 cm³/mol. The number of hydrogen-bond donors (Lipinski definition) is 1. The molecule has 9 rings (SSSR count). The van der Waals surface area contributed by atoms with Gasteiger partial charge in [-0.05, 0) is 62.6 Å². The van der Waals surface area contributed by atoms with Gasteiger partial charge in [-0.2, -0.15) is 0 Å². The quantitative estimate of drug-likeness (QED) is 0.156. The zero-order chi connectivity index (χ0) is 43.7. The smallest absolute Gasteiger partial charge is 0.212 e. The minimum Gasteiger partial charge on any atom is -0.481 e. The molecule has 0 saturated carbocycles. The van der Waals surface area contributed by atoms with Crippen molar-refractivity contribution in [2.45, 2.75) is 27.7 Å². The van der Waals surface area contributed by atoms with Crippen LogP contribution in [0.15, 0.2) is 91.5 Å². The highest BCUT2D eigenvalue weighted by Gasteiger charge is 2.22. The van der Waals surface area contributed by atoms with Gasteiger partial charge in [0, 0.05) is 91.0 Å². The SMILES string of the molecule is COc1ccc(-c2cnc(N3CCOCC3)cc2Nc2c(C)c(-c3ccc(C)cn3)nc3cc(F)cc(F)c23)cn1.Cc1ccc(-c2nc3cc(F)cc(F)c3c(Cl)c2C)nc1. The Hall–Kier alpha value is -6.77. The molecule has 10 nitrogen and oxygen atoms in total. The van der Waals surface area contributed by atoms with Crippen LogP contribution in [0.25, 0.3) is 55.7 Å². The minimum atomic E-state index is -0.714. The largest absolute Gasteiger partial charge is 0.481 e. The summed E-state index contributed by atoms with van der Waals surface area (Å²) in [6.45, 7) is 10.1. The molecular weight excluding hydrogens is 820 g/mol. The van der Waals surface area contributed by atoms with Crippen molar-refractivity contribution in [3.8, 4) is 39.8 Å². The first-order valence-corrected chi connectivity index (χ1v) is 20.0. The van der Waals surface area contributed by atoms with Crippen LogP contribution in [-0.2, 0) is 4.74 Å². The maximum Gasteiger partial charge on any atom is 0.212 e. The lowest BCUT2D eigenvalue weighted by Gasteiger charge is -2.28. The van der Waals surface area contributed by atoms with E-state index in [1.165, 1.54) is 12.1 Å². The molecule has 0 atom stereocenters. The van der Waals surface area contributed by atoms with E-state index in [0.29, 0.717) is 77.5 Å². The average molecular weight is 859 g/mol. The highest BCUT2D eigenvalue weighted by molar-refractivity contribution is 6.36. The Morgan fingerprint density at radius 3 is 1.82 bits per heavy atom. The molecule has 1 fully saturated rings. The van der Waals surface area contributed by atoms with Gasteiger partial charge in [0.25, 0.3) is 0 Å². The fourth-order valence-corrected chi connectivity index (χ4v) is 7.45. The lowest BCUT2D eigenvalue weighted by atomic mass is 10.0. The average Bonchev–Trinajstić information content (AvgIpc) is 3.26. The summed E-state index contributed by atoms with van der Waals surface area (Å²) >= 11 is 6.24. The van der Waals surface area contributed by atoms with E-state index in [1.807, 2.05) is 57.2 Å². The number of morpholine rings is 1. The van der Waals surface area contributed by atoms with Crippen LogP contribution in [0.4, 0.5) is 34.8 Å². The number of rotatable bonds is 7. The highest BCUT2D eigenvalue weighted by atomic mass is 35.5. The number of aromatic nitrogens is 6. The number of pyridine rings is 6. The molecule has 0 spiro atoms. The van der Waals surface area contributed by atoms with Gasteiger partial charge in [-0.3, -0.25) is 9.97 Å². The first kappa shape index (κ1) is 41.9. The van der Waals surface area contributed by atoms with E-state index in [0.717, 1.165) is 40.2 Å². The monoisotopic (exact) mass is 858 g/mol. The molecule has 7 heterocycles. The third-order valence-corrected chi connectivity index (χ3v) is 10.9. The number of hydrogen-bond acceptors (Lipinski definition) is 10. The van der Waals surface area contributed by atoms with Crippen LogP contribution in [0.2, 0.25) is 5.02 Å². The number of nitrogens with one attached hydrogen (secondary N) is 1. The number of anilines is 3. The topological polar surface area (TPSA) is 111 Å². The second kappa shape index (κ2) is 17.7. The Kier molecular flexibility index (Phi) is 12.0. The van der Waals surface area contributed by atoms with Crippen LogP contribution in [0.3, 0.4) is 0 Å². The second-order valence-corrected chi connectivity index (χ2v) is 15.1. The van der Waals surface area contributed by atoms with Crippen LogP contribution >= 0.6 is 11.6 Å². The Labute approximate surface area is 359 Å². The number of halogens is 5. The van der Waals surface area contributed by atoms with Crippen LogP contribution in [0.1, 0.15) is 22.3 Å². The molecule has 0 unspecified atom stereocenters. The highest BCUT2D eigenvalue weighted by Crippen LogP contribution is 2.40. The van der Waals surface area contributed by atoms with E-state index in [9.17, 15) is 13.2 Å². The number of benzene rings is 2. The van der Waals surface area contributed by atoms with Crippen molar-refractivity contribution in [1.82, 2.24) is 29.9 Å². The molecule has 8 aromatic rings.